The third-order valence-corrected chi connectivity index (χ3v) is 6.17. The molecule has 25 heavy (non-hydrogen) atoms. The van der Waals surface area contributed by atoms with Gasteiger partial charge in [-0.1, -0.05) is 26.0 Å². The lowest BCUT2D eigenvalue weighted by Crippen LogP contribution is -2.52. The lowest BCUT2D eigenvalue weighted by molar-refractivity contribution is -0.0364. The van der Waals surface area contributed by atoms with E-state index in [9.17, 15) is 4.79 Å². The largest absolute Gasteiger partial charge is 0.448 e. The number of methoxy groups -OCH3 is 1. The van der Waals surface area contributed by atoms with E-state index >= 15 is 0 Å². The Morgan fingerprint density at radius 3 is 2.92 bits per heavy atom. The zero-order chi connectivity index (χ0) is 18.0. The molecule has 1 amide bonds. The van der Waals surface area contributed by atoms with Crippen LogP contribution in [0.1, 0.15) is 33.1 Å². The summed E-state index contributed by atoms with van der Waals surface area (Å²) in [7, 11) is 1.64. The zero-order valence-corrected chi connectivity index (χ0v) is 15.8. The summed E-state index contributed by atoms with van der Waals surface area (Å²) in [4.78, 5) is 16.9. The Morgan fingerprint density at radius 2 is 2.20 bits per heavy atom. The molecule has 6 nitrogen and oxygen atoms in total. The van der Waals surface area contributed by atoms with Gasteiger partial charge in [-0.2, -0.15) is 0 Å². The Kier molecular flexibility index (Phi) is 5.71. The summed E-state index contributed by atoms with van der Waals surface area (Å²) in [5, 5.41) is 0. The predicted octanol–water partition coefficient (Wildman–Crippen LogP) is 2.29. The molecule has 0 aromatic rings. The number of carbonyl (C=O) groups is 1. The maximum Gasteiger partial charge on any atom is 0.410 e. The molecule has 0 aliphatic carbocycles. The molecule has 142 valence electrons. The van der Waals surface area contributed by atoms with Gasteiger partial charge >= 0.3 is 6.09 Å². The van der Waals surface area contributed by atoms with Crippen LogP contribution in [0, 0.1) is 5.92 Å². The van der Waals surface area contributed by atoms with Crippen molar-refractivity contribution in [2.45, 2.75) is 50.7 Å². The van der Waals surface area contributed by atoms with Gasteiger partial charge in [-0.05, 0) is 25.2 Å². The van der Waals surface area contributed by atoms with Gasteiger partial charge in [0.1, 0.15) is 6.61 Å². The molecule has 0 radical (unpaired) electrons. The van der Waals surface area contributed by atoms with Crippen LogP contribution < -0.4 is 0 Å². The number of rotatable bonds is 5. The molecule has 3 rings (SSSR count). The lowest BCUT2D eigenvalue weighted by atomic mass is 9.82. The third kappa shape index (κ3) is 3.57. The Labute approximate surface area is 151 Å². The van der Waals surface area contributed by atoms with E-state index in [1.807, 2.05) is 0 Å². The van der Waals surface area contributed by atoms with Crippen molar-refractivity contribution in [2.24, 2.45) is 5.92 Å². The van der Waals surface area contributed by atoms with E-state index in [0.717, 1.165) is 25.8 Å². The minimum atomic E-state index is -0.245. The van der Waals surface area contributed by atoms with E-state index in [1.165, 1.54) is 5.57 Å². The summed E-state index contributed by atoms with van der Waals surface area (Å²) in [6.45, 7) is 12.3. The second kappa shape index (κ2) is 7.64. The summed E-state index contributed by atoms with van der Waals surface area (Å²) in [5.41, 5.74) is 1.52. The number of morpholine rings is 1. The number of carbonyl (C=O) groups excluding carboxylic acids is 1. The van der Waals surface area contributed by atoms with E-state index in [0.29, 0.717) is 44.9 Å². The van der Waals surface area contributed by atoms with Crippen molar-refractivity contribution in [3.8, 4) is 0 Å². The van der Waals surface area contributed by atoms with Crippen LogP contribution in [0.2, 0.25) is 0 Å². The van der Waals surface area contributed by atoms with Crippen LogP contribution in [0.5, 0.6) is 0 Å². The highest BCUT2D eigenvalue weighted by Gasteiger charge is 2.52. The molecule has 0 bridgehead atoms. The standard InChI is InChI=1S/C19H32N2O4/c1-14(2)19-6-5-16(21(19)10-15(3)9-19)13-25-18(22)20-7-8-24-12-17(20)11-23-4/h14,16-17H,3,5-13H2,1-2,4H3. The van der Waals surface area contributed by atoms with E-state index < -0.39 is 0 Å². The fourth-order valence-electron chi connectivity index (χ4n) is 4.76. The van der Waals surface area contributed by atoms with Crippen LogP contribution in [-0.2, 0) is 14.2 Å². The number of fused-ring (bicyclic) bond motifs is 1. The third-order valence-electron chi connectivity index (χ3n) is 6.17. The van der Waals surface area contributed by atoms with Gasteiger partial charge in [-0.15, -0.1) is 0 Å². The van der Waals surface area contributed by atoms with Gasteiger partial charge < -0.3 is 14.2 Å². The van der Waals surface area contributed by atoms with Crippen molar-refractivity contribution in [1.82, 2.24) is 9.80 Å². The van der Waals surface area contributed by atoms with Crippen molar-refractivity contribution < 1.29 is 19.0 Å². The highest BCUT2D eigenvalue weighted by molar-refractivity contribution is 5.68. The fourth-order valence-corrected chi connectivity index (χ4v) is 4.76. The van der Waals surface area contributed by atoms with Gasteiger partial charge in [-0.25, -0.2) is 4.79 Å². The molecule has 0 aromatic heterocycles. The van der Waals surface area contributed by atoms with Gasteiger partial charge in [0.25, 0.3) is 0 Å². The molecule has 3 aliphatic heterocycles. The van der Waals surface area contributed by atoms with Crippen LogP contribution >= 0.6 is 0 Å². The number of nitrogens with zero attached hydrogens (tertiary/aromatic N) is 2. The topological polar surface area (TPSA) is 51.2 Å². The van der Waals surface area contributed by atoms with Gasteiger partial charge in [-0.3, -0.25) is 9.80 Å². The monoisotopic (exact) mass is 352 g/mol. The first-order valence-electron chi connectivity index (χ1n) is 9.41. The summed E-state index contributed by atoms with van der Waals surface area (Å²) in [6.07, 6.45) is 3.08. The molecule has 0 saturated carbocycles. The Hall–Kier alpha value is -1.11. The van der Waals surface area contributed by atoms with Crippen molar-refractivity contribution >= 4 is 6.09 Å². The normalized spacial score (nSPS) is 33.1. The molecule has 0 spiro atoms. The quantitative estimate of drug-likeness (QED) is 0.711. The van der Waals surface area contributed by atoms with Crippen molar-refractivity contribution in [1.29, 1.82) is 0 Å². The molecule has 6 heteroatoms. The molecule has 3 fully saturated rings. The summed E-state index contributed by atoms with van der Waals surface area (Å²) >= 11 is 0. The number of amides is 1. The first-order valence-corrected chi connectivity index (χ1v) is 9.41. The van der Waals surface area contributed by atoms with Crippen molar-refractivity contribution in [3.63, 3.8) is 0 Å². The van der Waals surface area contributed by atoms with Crippen molar-refractivity contribution in [3.05, 3.63) is 12.2 Å². The number of hydrogen-bond acceptors (Lipinski definition) is 5. The summed E-state index contributed by atoms with van der Waals surface area (Å²) in [6, 6.07) is 0.240. The van der Waals surface area contributed by atoms with Crippen LogP contribution in [-0.4, -0.2) is 80.1 Å². The molecule has 3 aliphatic rings. The zero-order valence-electron chi connectivity index (χ0n) is 15.8. The molecule has 3 unspecified atom stereocenters. The molecule has 3 atom stereocenters. The number of ether oxygens (including phenoxy) is 3. The Balaban J connectivity index is 1.58. The van der Waals surface area contributed by atoms with Gasteiger partial charge in [0.15, 0.2) is 0 Å². The lowest BCUT2D eigenvalue weighted by Gasteiger charge is -2.38. The second-order valence-corrected chi connectivity index (χ2v) is 7.96. The first-order chi connectivity index (χ1) is 12.0. The maximum absolute atomic E-state index is 12.6. The highest BCUT2D eigenvalue weighted by atomic mass is 16.6. The summed E-state index contributed by atoms with van der Waals surface area (Å²) in [5.74, 6) is 0.581. The number of hydrogen-bond donors (Lipinski definition) is 0. The minimum absolute atomic E-state index is 0.0591. The van der Waals surface area contributed by atoms with E-state index in [1.54, 1.807) is 12.0 Å². The molecule has 3 heterocycles. The van der Waals surface area contributed by atoms with Crippen molar-refractivity contribution in [2.75, 3.05) is 46.6 Å². The Bertz CT molecular complexity index is 508. The van der Waals surface area contributed by atoms with Crippen LogP contribution in [0.3, 0.4) is 0 Å². The SMILES string of the molecule is C=C1CN2C(COC(=O)N3CCOCC3COC)CCC2(C(C)C)C1. The first kappa shape index (κ1) is 18.7. The van der Waals surface area contributed by atoms with Gasteiger partial charge in [0, 0.05) is 31.8 Å². The molecular formula is C19H32N2O4. The molecule has 3 saturated heterocycles. The van der Waals surface area contributed by atoms with E-state index in [2.05, 4.69) is 25.3 Å². The molecule has 0 N–H and O–H groups in total. The Morgan fingerprint density at radius 1 is 1.40 bits per heavy atom. The van der Waals surface area contributed by atoms with Crippen LogP contribution in [0.25, 0.3) is 0 Å². The predicted molar refractivity (Wildman–Crippen MR) is 95.6 cm³/mol. The van der Waals surface area contributed by atoms with Gasteiger partial charge in [0.2, 0.25) is 0 Å². The maximum atomic E-state index is 12.6. The molecule has 0 aromatic carbocycles. The second-order valence-electron chi connectivity index (χ2n) is 7.96. The van der Waals surface area contributed by atoms with Gasteiger partial charge in [0.05, 0.1) is 25.9 Å². The summed E-state index contributed by atoms with van der Waals surface area (Å²) < 4.78 is 16.4. The van der Waals surface area contributed by atoms with Crippen LogP contribution in [0.15, 0.2) is 12.2 Å². The van der Waals surface area contributed by atoms with E-state index in [-0.39, 0.29) is 17.7 Å². The van der Waals surface area contributed by atoms with E-state index in [4.69, 9.17) is 14.2 Å². The smallest absolute Gasteiger partial charge is 0.410 e. The average molecular weight is 352 g/mol. The fraction of sp³-hybridized carbons (Fsp3) is 0.842. The average Bonchev–Trinajstić information content (AvgIpc) is 3.09. The molecular weight excluding hydrogens is 320 g/mol. The minimum Gasteiger partial charge on any atom is -0.448 e. The highest BCUT2D eigenvalue weighted by Crippen LogP contribution is 2.48. The van der Waals surface area contributed by atoms with Crippen LogP contribution in [0.4, 0.5) is 4.79 Å².